The number of unbranched alkanes of at least 4 members (excludes halogenated alkanes) is 14. The minimum absolute atomic E-state index is 0.322. The van der Waals surface area contributed by atoms with Gasteiger partial charge in [-0.05, 0) is 29.4 Å². The van der Waals surface area contributed by atoms with Crippen LogP contribution >= 0.6 is 0 Å². The molecule has 0 aromatic heterocycles. The first-order valence-electron chi connectivity index (χ1n) is 14.8. The van der Waals surface area contributed by atoms with Gasteiger partial charge in [-0.3, -0.25) is 4.79 Å². The van der Waals surface area contributed by atoms with Crippen molar-refractivity contribution in [2.75, 3.05) is 0 Å². The predicted molar refractivity (Wildman–Crippen MR) is 161 cm³/mol. The largest absolute Gasteiger partial charge is 0.355 e. The smallest absolute Gasteiger partial charge is 0.207 e. The SMILES string of the molecule is CC(C)(C)Cc1ccc(CNC=O)cc1.CCCCCCCCCCCCCCCCC/C(=N/N)NN. The first-order chi connectivity index (χ1) is 17.9. The molecule has 6 heteroatoms. The first-order valence-corrected chi connectivity index (χ1v) is 14.8. The van der Waals surface area contributed by atoms with Crippen molar-refractivity contribution in [1.82, 2.24) is 10.7 Å². The molecule has 37 heavy (non-hydrogen) atoms. The number of amides is 1. The Hall–Kier alpha value is -2.08. The van der Waals surface area contributed by atoms with E-state index in [-0.39, 0.29) is 0 Å². The van der Waals surface area contributed by atoms with Crippen LogP contribution in [0.5, 0.6) is 0 Å². The van der Waals surface area contributed by atoms with Crippen molar-refractivity contribution in [1.29, 1.82) is 0 Å². The van der Waals surface area contributed by atoms with Gasteiger partial charge in [0.2, 0.25) is 6.41 Å². The standard InChI is InChI=1S/C18H40N4.C13H19NO/c1-2-3-4-5-6-7-8-9-10-11-12-13-14-15-16-17-18(21-19)22-20;1-13(2,3)8-11-4-6-12(7-5-11)9-14-10-15/h2-17,19-20H2,1H3,(H,21,22);4-7,10H,8-9H2,1-3H3,(H,14,15). The molecular formula is C31H59N5O. The lowest BCUT2D eigenvalue weighted by Gasteiger charge is -2.18. The lowest BCUT2D eigenvalue weighted by atomic mass is 9.88. The zero-order valence-electron chi connectivity index (χ0n) is 24.6. The van der Waals surface area contributed by atoms with Crippen molar-refractivity contribution in [2.24, 2.45) is 22.2 Å². The minimum Gasteiger partial charge on any atom is -0.355 e. The molecule has 0 unspecified atom stereocenters. The molecule has 1 rings (SSSR count). The molecule has 0 aliphatic carbocycles. The fourth-order valence-corrected chi connectivity index (χ4v) is 4.38. The third-order valence-corrected chi connectivity index (χ3v) is 6.49. The quantitative estimate of drug-likeness (QED) is 0.0359. The van der Waals surface area contributed by atoms with Gasteiger partial charge in [0.05, 0.1) is 0 Å². The highest BCUT2D eigenvalue weighted by Gasteiger charge is 2.10. The topological polar surface area (TPSA) is 106 Å². The Morgan fingerprint density at radius 2 is 1.22 bits per heavy atom. The monoisotopic (exact) mass is 517 g/mol. The van der Waals surface area contributed by atoms with E-state index >= 15 is 0 Å². The maximum Gasteiger partial charge on any atom is 0.207 e. The zero-order chi connectivity index (χ0) is 27.6. The second-order valence-corrected chi connectivity index (χ2v) is 11.5. The molecule has 0 saturated carbocycles. The van der Waals surface area contributed by atoms with Crippen LogP contribution < -0.4 is 22.4 Å². The average Bonchev–Trinajstić information content (AvgIpc) is 2.88. The van der Waals surface area contributed by atoms with E-state index in [1.807, 2.05) is 0 Å². The molecular weight excluding hydrogens is 458 g/mol. The van der Waals surface area contributed by atoms with Crippen molar-refractivity contribution in [3.63, 3.8) is 0 Å². The molecule has 1 amide bonds. The van der Waals surface area contributed by atoms with E-state index in [0.29, 0.717) is 17.8 Å². The number of nitrogens with zero attached hydrogens (tertiary/aromatic N) is 1. The van der Waals surface area contributed by atoms with Gasteiger partial charge in [0.25, 0.3) is 0 Å². The van der Waals surface area contributed by atoms with Gasteiger partial charge in [0.15, 0.2) is 0 Å². The molecule has 0 radical (unpaired) electrons. The van der Waals surface area contributed by atoms with Crippen molar-refractivity contribution >= 4 is 12.2 Å². The third kappa shape index (κ3) is 24.0. The van der Waals surface area contributed by atoms with E-state index in [2.05, 4.69) is 67.8 Å². The molecule has 6 N–H and O–H groups in total. The molecule has 0 aliphatic heterocycles. The summed E-state index contributed by atoms with van der Waals surface area (Å²) in [6, 6.07) is 8.40. The second-order valence-electron chi connectivity index (χ2n) is 11.5. The molecule has 6 nitrogen and oxygen atoms in total. The van der Waals surface area contributed by atoms with Crippen LogP contribution in [0.25, 0.3) is 0 Å². The average molecular weight is 518 g/mol. The second kappa shape index (κ2) is 24.3. The number of nitrogens with one attached hydrogen (secondary N) is 2. The lowest BCUT2D eigenvalue weighted by Crippen LogP contribution is -2.31. The summed E-state index contributed by atoms with van der Waals surface area (Å²) in [5.41, 5.74) is 5.33. The van der Waals surface area contributed by atoms with E-state index in [1.165, 1.54) is 95.5 Å². The highest BCUT2D eigenvalue weighted by molar-refractivity contribution is 5.81. The van der Waals surface area contributed by atoms with E-state index in [0.717, 1.165) is 31.2 Å². The molecule has 0 heterocycles. The first kappa shape index (κ1) is 34.9. The van der Waals surface area contributed by atoms with Crippen LogP contribution in [0.15, 0.2) is 29.4 Å². The Bertz CT molecular complexity index is 667. The molecule has 0 aliphatic rings. The van der Waals surface area contributed by atoms with Crippen molar-refractivity contribution in [2.45, 2.75) is 143 Å². The highest BCUT2D eigenvalue weighted by Crippen LogP contribution is 2.20. The lowest BCUT2D eigenvalue weighted by molar-refractivity contribution is -0.109. The molecule has 214 valence electrons. The molecule has 0 saturated heterocycles. The third-order valence-electron chi connectivity index (χ3n) is 6.49. The number of rotatable bonds is 20. The molecule has 1 aromatic carbocycles. The summed E-state index contributed by atoms with van der Waals surface area (Å²) in [4.78, 5) is 10.1. The Kier molecular flexibility index (Phi) is 22.9. The normalized spacial score (nSPS) is 11.5. The number of benzene rings is 1. The van der Waals surface area contributed by atoms with Gasteiger partial charge < -0.3 is 16.6 Å². The van der Waals surface area contributed by atoms with Crippen LogP contribution in [0.3, 0.4) is 0 Å². The minimum atomic E-state index is 0.322. The van der Waals surface area contributed by atoms with Crippen LogP contribution in [0.1, 0.15) is 142 Å². The van der Waals surface area contributed by atoms with Crippen molar-refractivity contribution in [3.8, 4) is 0 Å². The number of hydrogen-bond donors (Lipinski definition) is 4. The fourth-order valence-electron chi connectivity index (χ4n) is 4.38. The number of nitrogens with two attached hydrogens (primary N) is 2. The molecule has 0 fully saturated rings. The van der Waals surface area contributed by atoms with E-state index in [1.54, 1.807) is 0 Å². The van der Waals surface area contributed by atoms with Crippen molar-refractivity contribution < 1.29 is 4.79 Å². The predicted octanol–water partition coefficient (Wildman–Crippen LogP) is 7.50. The van der Waals surface area contributed by atoms with Gasteiger partial charge in [-0.1, -0.05) is 142 Å². The molecule has 0 atom stereocenters. The van der Waals surface area contributed by atoms with Crippen LogP contribution in [0.2, 0.25) is 0 Å². The summed E-state index contributed by atoms with van der Waals surface area (Å²) in [7, 11) is 0. The molecule has 0 bridgehead atoms. The molecule has 1 aromatic rings. The molecule has 0 spiro atoms. The van der Waals surface area contributed by atoms with Crippen molar-refractivity contribution in [3.05, 3.63) is 35.4 Å². The van der Waals surface area contributed by atoms with Gasteiger partial charge in [0, 0.05) is 13.0 Å². The van der Waals surface area contributed by atoms with E-state index in [9.17, 15) is 4.79 Å². The number of hydrazine groups is 1. The van der Waals surface area contributed by atoms with E-state index in [4.69, 9.17) is 11.7 Å². The number of hydrogen-bond acceptors (Lipinski definition) is 4. The number of carbonyl (C=O) groups is 1. The van der Waals surface area contributed by atoms with Gasteiger partial charge >= 0.3 is 0 Å². The van der Waals surface area contributed by atoms with Gasteiger partial charge in [-0.2, -0.15) is 5.10 Å². The summed E-state index contributed by atoms with van der Waals surface area (Å²) < 4.78 is 0. The Morgan fingerprint density at radius 1 is 0.784 bits per heavy atom. The van der Waals surface area contributed by atoms with Crippen LogP contribution in [-0.4, -0.2) is 12.2 Å². The zero-order valence-corrected chi connectivity index (χ0v) is 24.6. The fraction of sp³-hybridized carbons (Fsp3) is 0.742. The van der Waals surface area contributed by atoms with Crippen LogP contribution in [-0.2, 0) is 17.8 Å². The summed E-state index contributed by atoms with van der Waals surface area (Å²) in [5.74, 6) is 11.2. The van der Waals surface area contributed by atoms with Gasteiger partial charge in [0.1, 0.15) is 5.84 Å². The maximum atomic E-state index is 10.1. The van der Waals surface area contributed by atoms with E-state index < -0.39 is 0 Å². The Morgan fingerprint density at radius 3 is 1.59 bits per heavy atom. The number of carbonyl (C=O) groups excluding carboxylic acids is 1. The number of hydrazone groups is 1. The summed E-state index contributed by atoms with van der Waals surface area (Å²) in [6.07, 6.45) is 23.4. The van der Waals surface area contributed by atoms with Crippen LogP contribution in [0.4, 0.5) is 0 Å². The Labute approximate surface area is 228 Å². The van der Waals surface area contributed by atoms with Crippen LogP contribution in [0, 0.1) is 5.41 Å². The summed E-state index contributed by atoms with van der Waals surface area (Å²) >= 11 is 0. The Balaban J connectivity index is 0.000000749. The van der Waals surface area contributed by atoms with Gasteiger partial charge in [-0.25, -0.2) is 5.84 Å². The summed E-state index contributed by atoms with van der Waals surface area (Å²) in [5, 5.41) is 6.24. The maximum absolute atomic E-state index is 10.1. The highest BCUT2D eigenvalue weighted by atomic mass is 16.1. The number of amidine groups is 1. The summed E-state index contributed by atoms with van der Waals surface area (Å²) in [6.45, 7) is 9.58. The van der Waals surface area contributed by atoms with Gasteiger partial charge in [-0.15, -0.1) is 0 Å².